The molecule has 96 valence electrons. The summed E-state index contributed by atoms with van der Waals surface area (Å²) in [6, 6.07) is 4.10. The van der Waals surface area contributed by atoms with Crippen molar-refractivity contribution in [3.05, 3.63) is 35.3 Å². The molecule has 0 radical (unpaired) electrons. The van der Waals surface area contributed by atoms with Crippen LogP contribution in [0.25, 0.3) is 11.3 Å². The lowest BCUT2D eigenvalue weighted by Crippen LogP contribution is -2.07. The average molecular weight is 259 g/mol. The zero-order valence-corrected chi connectivity index (χ0v) is 10.1. The Balaban J connectivity index is 2.51. The van der Waals surface area contributed by atoms with E-state index < -0.39 is 11.8 Å². The molecular formula is C13H10FN3O2. The average Bonchev–Trinajstić information content (AvgIpc) is 2.89. The van der Waals surface area contributed by atoms with Crippen molar-refractivity contribution in [3.8, 4) is 23.6 Å². The summed E-state index contributed by atoms with van der Waals surface area (Å²) in [5.41, 5.74) is 0.587. The zero-order chi connectivity index (χ0) is 13.8. The molecule has 0 aliphatic rings. The summed E-state index contributed by atoms with van der Waals surface area (Å²) in [6.45, 7) is 1.86. The fourth-order valence-electron chi connectivity index (χ4n) is 1.56. The second-order valence-electron chi connectivity index (χ2n) is 3.58. The Labute approximate surface area is 108 Å². The van der Waals surface area contributed by atoms with Crippen molar-refractivity contribution in [1.29, 1.82) is 0 Å². The molecule has 0 bridgehead atoms. The van der Waals surface area contributed by atoms with E-state index in [0.29, 0.717) is 5.56 Å². The van der Waals surface area contributed by atoms with Gasteiger partial charge in [0, 0.05) is 11.1 Å². The summed E-state index contributed by atoms with van der Waals surface area (Å²) in [4.78, 5) is 11.7. The normalized spacial score (nSPS) is 9.95. The number of benzene rings is 1. The molecule has 5 nitrogen and oxygen atoms in total. The van der Waals surface area contributed by atoms with Crippen molar-refractivity contribution in [3.63, 3.8) is 0 Å². The van der Waals surface area contributed by atoms with E-state index in [1.54, 1.807) is 6.92 Å². The van der Waals surface area contributed by atoms with Gasteiger partial charge in [-0.25, -0.2) is 9.18 Å². The number of nitrogens with zero attached hydrogens (tertiary/aromatic N) is 2. The van der Waals surface area contributed by atoms with Gasteiger partial charge in [0.1, 0.15) is 11.5 Å². The lowest BCUT2D eigenvalue weighted by Gasteiger charge is -2.03. The Kier molecular flexibility index (Phi) is 3.57. The summed E-state index contributed by atoms with van der Waals surface area (Å²) >= 11 is 0. The SMILES string of the molecule is C#Cc1ccc(F)c(-c2n[nH]nc2C(=O)OCC)c1. The molecule has 2 rings (SSSR count). The van der Waals surface area contributed by atoms with Crippen LogP contribution in [0.1, 0.15) is 23.0 Å². The number of carbonyl (C=O) groups excluding carboxylic acids is 1. The molecule has 0 aliphatic carbocycles. The van der Waals surface area contributed by atoms with E-state index in [9.17, 15) is 9.18 Å². The molecule has 0 saturated heterocycles. The highest BCUT2D eigenvalue weighted by atomic mass is 19.1. The fourth-order valence-corrected chi connectivity index (χ4v) is 1.56. The van der Waals surface area contributed by atoms with Gasteiger partial charge in [0.15, 0.2) is 5.69 Å². The summed E-state index contributed by atoms with van der Waals surface area (Å²) in [5.74, 6) is 1.18. The monoisotopic (exact) mass is 259 g/mol. The second kappa shape index (κ2) is 5.31. The third-order valence-corrected chi connectivity index (χ3v) is 2.40. The molecule has 1 aromatic heterocycles. The highest BCUT2D eigenvalue weighted by Crippen LogP contribution is 2.24. The summed E-state index contributed by atoms with van der Waals surface area (Å²) in [7, 11) is 0. The molecule has 0 amide bonds. The van der Waals surface area contributed by atoms with Gasteiger partial charge < -0.3 is 4.74 Å². The van der Waals surface area contributed by atoms with Gasteiger partial charge in [-0.1, -0.05) is 5.92 Å². The molecule has 1 N–H and O–H groups in total. The molecule has 0 unspecified atom stereocenters. The first-order valence-electron chi connectivity index (χ1n) is 5.51. The summed E-state index contributed by atoms with van der Waals surface area (Å²) in [5, 5.41) is 9.74. The minimum Gasteiger partial charge on any atom is -0.461 e. The van der Waals surface area contributed by atoms with Crippen molar-refractivity contribution in [1.82, 2.24) is 15.4 Å². The number of rotatable bonds is 3. The van der Waals surface area contributed by atoms with E-state index in [-0.39, 0.29) is 23.6 Å². The Hall–Kier alpha value is -2.68. The number of hydrogen-bond donors (Lipinski definition) is 1. The third kappa shape index (κ3) is 2.45. The molecule has 0 spiro atoms. The van der Waals surface area contributed by atoms with E-state index in [2.05, 4.69) is 21.3 Å². The van der Waals surface area contributed by atoms with Gasteiger partial charge in [0.05, 0.1) is 6.61 Å². The molecule has 6 heteroatoms. The first-order valence-corrected chi connectivity index (χ1v) is 5.51. The van der Waals surface area contributed by atoms with Gasteiger partial charge in [-0.05, 0) is 25.1 Å². The lowest BCUT2D eigenvalue weighted by atomic mass is 10.1. The number of nitrogens with one attached hydrogen (secondary N) is 1. The van der Waals surface area contributed by atoms with E-state index >= 15 is 0 Å². The number of H-pyrrole nitrogens is 1. The molecule has 19 heavy (non-hydrogen) atoms. The Morgan fingerprint density at radius 1 is 1.53 bits per heavy atom. The van der Waals surface area contributed by atoms with Crippen LogP contribution in [-0.4, -0.2) is 28.0 Å². The predicted octanol–water partition coefficient (Wildman–Crippen LogP) is 1.77. The van der Waals surface area contributed by atoms with Gasteiger partial charge in [-0.2, -0.15) is 10.3 Å². The maximum absolute atomic E-state index is 13.8. The minimum absolute atomic E-state index is 0.0741. The van der Waals surface area contributed by atoms with Crippen molar-refractivity contribution >= 4 is 5.97 Å². The molecule has 2 aromatic rings. The Morgan fingerprint density at radius 3 is 3.00 bits per heavy atom. The predicted molar refractivity (Wildman–Crippen MR) is 65.7 cm³/mol. The van der Waals surface area contributed by atoms with Crippen molar-refractivity contribution in [2.24, 2.45) is 0 Å². The molecule has 0 aliphatic heterocycles. The number of terminal acetylenes is 1. The summed E-state index contributed by atoms with van der Waals surface area (Å²) in [6.07, 6.45) is 5.26. The number of halogens is 1. The van der Waals surface area contributed by atoms with E-state index in [1.165, 1.54) is 18.2 Å². The van der Waals surface area contributed by atoms with Crippen LogP contribution in [0, 0.1) is 18.2 Å². The quantitative estimate of drug-likeness (QED) is 0.673. The van der Waals surface area contributed by atoms with Crippen molar-refractivity contribution in [2.45, 2.75) is 6.92 Å². The third-order valence-electron chi connectivity index (χ3n) is 2.40. The fraction of sp³-hybridized carbons (Fsp3) is 0.154. The largest absolute Gasteiger partial charge is 0.461 e. The van der Waals surface area contributed by atoms with Crippen molar-refractivity contribution < 1.29 is 13.9 Å². The smallest absolute Gasteiger partial charge is 0.361 e. The van der Waals surface area contributed by atoms with Crippen LogP contribution in [0.3, 0.4) is 0 Å². The first-order chi connectivity index (χ1) is 9.17. The maximum Gasteiger partial charge on any atom is 0.361 e. The Morgan fingerprint density at radius 2 is 2.32 bits per heavy atom. The topological polar surface area (TPSA) is 67.9 Å². The molecule has 0 atom stereocenters. The number of carbonyl (C=O) groups is 1. The van der Waals surface area contributed by atoms with Gasteiger partial charge in [0.2, 0.25) is 0 Å². The van der Waals surface area contributed by atoms with Crippen LogP contribution in [-0.2, 0) is 4.74 Å². The van der Waals surface area contributed by atoms with Gasteiger partial charge in [0.25, 0.3) is 0 Å². The van der Waals surface area contributed by atoms with Crippen LogP contribution < -0.4 is 0 Å². The van der Waals surface area contributed by atoms with Crippen LogP contribution in [0.15, 0.2) is 18.2 Å². The highest BCUT2D eigenvalue weighted by molar-refractivity contribution is 5.94. The maximum atomic E-state index is 13.8. The van der Waals surface area contributed by atoms with Gasteiger partial charge in [-0.15, -0.1) is 11.5 Å². The van der Waals surface area contributed by atoms with Crippen LogP contribution in [0.2, 0.25) is 0 Å². The molecule has 1 heterocycles. The lowest BCUT2D eigenvalue weighted by molar-refractivity contribution is 0.0520. The number of aromatic amines is 1. The summed E-state index contributed by atoms with van der Waals surface area (Å²) < 4.78 is 18.6. The number of ether oxygens (including phenoxy) is 1. The molecular weight excluding hydrogens is 249 g/mol. The van der Waals surface area contributed by atoms with Gasteiger partial charge >= 0.3 is 5.97 Å². The van der Waals surface area contributed by atoms with E-state index in [0.717, 1.165) is 0 Å². The van der Waals surface area contributed by atoms with E-state index in [4.69, 9.17) is 11.2 Å². The number of hydrogen-bond acceptors (Lipinski definition) is 4. The van der Waals surface area contributed by atoms with Crippen LogP contribution in [0.5, 0.6) is 0 Å². The number of esters is 1. The standard InChI is InChI=1S/C13H10FN3O2/c1-3-8-5-6-10(14)9(7-8)11-12(16-17-15-11)13(18)19-4-2/h1,5-7H,4H2,2H3,(H,15,16,17). The van der Waals surface area contributed by atoms with Crippen LogP contribution in [0.4, 0.5) is 4.39 Å². The molecule has 1 aromatic carbocycles. The second-order valence-corrected chi connectivity index (χ2v) is 3.58. The van der Waals surface area contributed by atoms with Crippen LogP contribution >= 0.6 is 0 Å². The minimum atomic E-state index is -0.670. The zero-order valence-electron chi connectivity index (χ0n) is 10.1. The molecule has 0 fully saturated rings. The molecule has 0 saturated carbocycles. The van der Waals surface area contributed by atoms with Crippen molar-refractivity contribution in [2.75, 3.05) is 6.61 Å². The first kappa shape index (κ1) is 12.8. The number of aromatic nitrogens is 3. The highest BCUT2D eigenvalue weighted by Gasteiger charge is 2.21. The van der Waals surface area contributed by atoms with Gasteiger partial charge in [-0.3, -0.25) is 0 Å². The Bertz CT molecular complexity index is 658. The van der Waals surface area contributed by atoms with E-state index in [1.807, 2.05) is 0 Å².